The third-order valence-corrected chi connectivity index (χ3v) is 10.1. The Morgan fingerprint density at radius 1 is 0.346 bits per heavy atom. The van der Waals surface area contributed by atoms with Crippen molar-refractivity contribution in [3.05, 3.63) is 170 Å². The molecule has 0 aliphatic heterocycles. The zero-order valence-electron chi connectivity index (χ0n) is 27.8. The third kappa shape index (κ3) is 4.25. The summed E-state index contributed by atoms with van der Waals surface area (Å²) in [6, 6.07) is 59.0. The average molecular weight is 665 g/mol. The minimum Gasteiger partial charge on any atom is -0.309 e. The van der Waals surface area contributed by atoms with Crippen molar-refractivity contribution in [2.24, 2.45) is 0 Å². The monoisotopic (exact) mass is 664 g/mol. The van der Waals surface area contributed by atoms with Crippen molar-refractivity contribution in [3.8, 4) is 39.9 Å². The molecular weight excluding hydrogens is 637 g/mol. The number of aromatic nitrogens is 6. The Hall–Kier alpha value is -7.18. The highest BCUT2D eigenvalue weighted by Crippen LogP contribution is 2.42. The molecular formula is C46H28N6. The zero-order valence-corrected chi connectivity index (χ0v) is 27.8. The van der Waals surface area contributed by atoms with E-state index in [9.17, 15) is 0 Å². The molecule has 0 spiro atoms. The van der Waals surface area contributed by atoms with Crippen molar-refractivity contribution in [1.29, 1.82) is 0 Å². The van der Waals surface area contributed by atoms with E-state index in [0.717, 1.165) is 61.0 Å². The molecule has 7 aromatic carbocycles. The summed E-state index contributed by atoms with van der Waals surface area (Å²) in [5.41, 5.74) is 10.3. The van der Waals surface area contributed by atoms with E-state index in [1.807, 2.05) is 60.7 Å². The van der Waals surface area contributed by atoms with E-state index >= 15 is 0 Å². The van der Waals surface area contributed by atoms with Crippen molar-refractivity contribution in [1.82, 2.24) is 28.9 Å². The molecule has 0 aliphatic rings. The molecule has 0 N–H and O–H groups in total. The number of hydrogen-bond acceptors (Lipinski definition) is 4. The summed E-state index contributed by atoms with van der Waals surface area (Å²) in [5.74, 6) is 1.91. The van der Waals surface area contributed by atoms with E-state index in [-0.39, 0.29) is 0 Å². The van der Waals surface area contributed by atoms with E-state index in [1.165, 1.54) is 21.5 Å². The number of para-hydroxylation sites is 3. The lowest BCUT2D eigenvalue weighted by molar-refractivity contribution is 1.07. The highest BCUT2D eigenvalue weighted by molar-refractivity contribution is 6.29. The molecule has 0 saturated carbocycles. The van der Waals surface area contributed by atoms with Crippen LogP contribution in [0.25, 0.3) is 100 Å². The summed E-state index contributed by atoms with van der Waals surface area (Å²) in [5, 5.41) is 5.95. The van der Waals surface area contributed by atoms with E-state index < -0.39 is 0 Å². The molecule has 0 bridgehead atoms. The number of benzene rings is 7. The van der Waals surface area contributed by atoms with Crippen LogP contribution in [0.1, 0.15) is 0 Å². The van der Waals surface area contributed by atoms with Gasteiger partial charge >= 0.3 is 0 Å². The molecule has 242 valence electrons. The van der Waals surface area contributed by atoms with Gasteiger partial charge in [0, 0.05) is 43.9 Å². The highest BCUT2D eigenvalue weighted by Gasteiger charge is 2.21. The first-order valence-corrected chi connectivity index (χ1v) is 17.4. The lowest BCUT2D eigenvalue weighted by atomic mass is 10.0. The fourth-order valence-corrected chi connectivity index (χ4v) is 7.86. The molecule has 0 amide bonds. The van der Waals surface area contributed by atoms with Crippen LogP contribution in [0.15, 0.2) is 170 Å². The molecule has 4 heterocycles. The molecule has 6 heteroatoms. The van der Waals surface area contributed by atoms with E-state index in [1.54, 1.807) is 0 Å². The lowest BCUT2D eigenvalue weighted by Gasteiger charge is -2.13. The zero-order chi connectivity index (χ0) is 34.2. The topological polar surface area (TPSA) is 60.9 Å². The number of nitrogens with zero attached hydrogens (tertiary/aromatic N) is 6. The van der Waals surface area contributed by atoms with Gasteiger partial charge in [0.2, 0.25) is 0 Å². The van der Waals surface area contributed by atoms with Gasteiger partial charge in [-0.25, -0.2) is 19.9 Å². The summed E-state index contributed by atoms with van der Waals surface area (Å²) < 4.78 is 4.70. The predicted molar refractivity (Wildman–Crippen MR) is 212 cm³/mol. The molecule has 0 atom stereocenters. The molecule has 0 aliphatic carbocycles. The van der Waals surface area contributed by atoms with Gasteiger partial charge in [-0.2, -0.15) is 0 Å². The molecule has 52 heavy (non-hydrogen) atoms. The quantitative estimate of drug-likeness (QED) is 0.176. The lowest BCUT2D eigenvalue weighted by Crippen LogP contribution is -2.01. The van der Waals surface area contributed by atoms with Gasteiger partial charge in [-0.1, -0.05) is 127 Å². The smallest absolute Gasteiger partial charge is 0.164 e. The number of fused-ring (bicyclic) bond motifs is 12. The molecule has 11 rings (SSSR count). The van der Waals surface area contributed by atoms with Gasteiger partial charge in [-0.3, -0.25) is 4.40 Å². The highest BCUT2D eigenvalue weighted by atomic mass is 15.0. The molecule has 0 saturated heterocycles. The average Bonchev–Trinajstić information content (AvgIpc) is 3.78. The van der Waals surface area contributed by atoms with Gasteiger partial charge in [-0.05, 0) is 47.9 Å². The van der Waals surface area contributed by atoms with Crippen molar-refractivity contribution < 1.29 is 0 Å². The maximum Gasteiger partial charge on any atom is 0.164 e. The molecule has 0 radical (unpaired) electrons. The fraction of sp³-hybridized carbons (Fsp3) is 0. The first kappa shape index (κ1) is 28.6. The van der Waals surface area contributed by atoms with Crippen LogP contribution >= 0.6 is 0 Å². The number of pyridine rings is 1. The first-order valence-electron chi connectivity index (χ1n) is 17.4. The second-order valence-electron chi connectivity index (χ2n) is 13.1. The van der Waals surface area contributed by atoms with Crippen molar-refractivity contribution in [3.63, 3.8) is 0 Å². The van der Waals surface area contributed by atoms with Crippen LogP contribution in [-0.2, 0) is 0 Å². The Kier molecular flexibility index (Phi) is 6.15. The van der Waals surface area contributed by atoms with Gasteiger partial charge in [0.25, 0.3) is 0 Å². The third-order valence-electron chi connectivity index (χ3n) is 10.1. The van der Waals surface area contributed by atoms with Gasteiger partial charge in [-0.15, -0.1) is 0 Å². The summed E-state index contributed by atoms with van der Waals surface area (Å²) in [4.78, 5) is 20.1. The van der Waals surface area contributed by atoms with Gasteiger partial charge < -0.3 is 4.57 Å². The number of imidazole rings is 1. The Bertz CT molecular complexity index is 3120. The number of rotatable bonds is 4. The SMILES string of the molecule is c1ccc(-c2nc(-c3ccccc3)nc(-c3cccc(-n4c5ccccc5c5c6c7ccccc7c7nc8ccccc8n7c6ccc54)c3)n2)cc1. The Morgan fingerprint density at radius 3 is 1.62 bits per heavy atom. The van der Waals surface area contributed by atoms with Crippen LogP contribution in [0.3, 0.4) is 0 Å². The predicted octanol–water partition coefficient (Wildman–Crippen LogP) is 11.1. The Labute approximate surface area is 297 Å². The van der Waals surface area contributed by atoms with Gasteiger partial charge in [0.15, 0.2) is 17.5 Å². The van der Waals surface area contributed by atoms with Crippen molar-refractivity contribution in [2.45, 2.75) is 0 Å². The van der Waals surface area contributed by atoms with Crippen LogP contribution < -0.4 is 0 Å². The summed E-state index contributed by atoms with van der Waals surface area (Å²) in [6.07, 6.45) is 0. The second kappa shape index (κ2) is 11.2. The minimum absolute atomic E-state index is 0.626. The molecule has 4 aromatic heterocycles. The molecule has 6 nitrogen and oxygen atoms in total. The largest absolute Gasteiger partial charge is 0.309 e. The molecule has 11 aromatic rings. The summed E-state index contributed by atoms with van der Waals surface area (Å²) >= 11 is 0. The fourth-order valence-electron chi connectivity index (χ4n) is 7.86. The van der Waals surface area contributed by atoms with Crippen molar-refractivity contribution >= 4 is 60.2 Å². The Balaban J connectivity index is 1.19. The van der Waals surface area contributed by atoms with E-state index in [2.05, 4.69) is 118 Å². The molecule has 0 fully saturated rings. The minimum atomic E-state index is 0.626. The molecule has 0 unspecified atom stereocenters. The van der Waals surface area contributed by atoms with Crippen LogP contribution in [0.5, 0.6) is 0 Å². The maximum atomic E-state index is 5.12. The summed E-state index contributed by atoms with van der Waals surface area (Å²) in [6.45, 7) is 0. The van der Waals surface area contributed by atoms with Crippen molar-refractivity contribution in [2.75, 3.05) is 0 Å². The second-order valence-corrected chi connectivity index (χ2v) is 13.1. The van der Waals surface area contributed by atoms with Gasteiger partial charge in [0.1, 0.15) is 5.65 Å². The first-order chi connectivity index (χ1) is 25.8. The van der Waals surface area contributed by atoms with Crippen LogP contribution in [0.2, 0.25) is 0 Å². The standard InChI is InChI=1S/C46H28N6/c1-3-14-29(15-4-1)43-48-44(30-16-5-2-6-17-30)50-45(49-43)31-18-13-19-32(28-31)51-37-24-11-9-22-35(37)42-39(51)26-27-40-41(42)33-20-7-8-21-34(33)46-47-36-23-10-12-25-38(36)52(40)46/h1-28H. The van der Waals surface area contributed by atoms with Gasteiger partial charge in [0.05, 0.1) is 27.6 Å². The normalized spacial score (nSPS) is 11.8. The van der Waals surface area contributed by atoms with E-state index in [4.69, 9.17) is 19.9 Å². The van der Waals surface area contributed by atoms with E-state index in [0.29, 0.717) is 17.5 Å². The van der Waals surface area contributed by atoms with Crippen LogP contribution in [0, 0.1) is 0 Å². The summed E-state index contributed by atoms with van der Waals surface area (Å²) in [7, 11) is 0. The Morgan fingerprint density at radius 2 is 0.885 bits per heavy atom. The van der Waals surface area contributed by atoms with Crippen LogP contribution in [0.4, 0.5) is 0 Å². The number of hydrogen-bond donors (Lipinski definition) is 0. The van der Waals surface area contributed by atoms with Crippen LogP contribution in [-0.4, -0.2) is 28.9 Å². The maximum absolute atomic E-state index is 5.12.